The maximum Gasteiger partial charge on any atom is 0.142 e. The van der Waals surface area contributed by atoms with Crippen LogP contribution in [-0.4, -0.2) is 22.7 Å². The smallest absolute Gasteiger partial charge is 0.142 e. The van der Waals surface area contributed by atoms with E-state index in [1.54, 1.807) is 0 Å². The van der Waals surface area contributed by atoms with E-state index in [1.807, 2.05) is 30.3 Å². The molecule has 5 heteroatoms. The lowest BCUT2D eigenvalue weighted by molar-refractivity contribution is 0.0156. The zero-order chi connectivity index (χ0) is 14.7. The maximum absolute atomic E-state index is 6.31. The molecule has 3 nitrogen and oxygen atoms in total. The Morgan fingerprint density at radius 3 is 2.38 bits per heavy atom. The van der Waals surface area contributed by atoms with Crippen molar-refractivity contribution < 1.29 is 4.74 Å². The van der Waals surface area contributed by atoms with Crippen LogP contribution in [0.25, 0.3) is 11.1 Å². The van der Waals surface area contributed by atoms with Gasteiger partial charge in [0.05, 0.1) is 11.7 Å². The third kappa shape index (κ3) is 3.54. The number of nitrogens with zero attached hydrogens (tertiary/aromatic N) is 2. The molecule has 1 atom stereocenters. The molecule has 0 saturated carbocycles. The van der Waals surface area contributed by atoms with Gasteiger partial charge >= 0.3 is 0 Å². The van der Waals surface area contributed by atoms with Crippen molar-refractivity contribution in [3.05, 3.63) is 46.5 Å². The van der Waals surface area contributed by atoms with Crippen LogP contribution >= 0.6 is 23.2 Å². The Bertz CT molecular complexity index is 590. The van der Waals surface area contributed by atoms with Gasteiger partial charge in [0.25, 0.3) is 0 Å². The van der Waals surface area contributed by atoms with Crippen LogP contribution in [0, 0.1) is 0 Å². The molecule has 110 valence electrons. The summed E-state index contributed by atoms with van der Waals surface area (Å²) in [4.78, 5) is 8.79. The third-order valence-electron chi connectivity index (χ3n) is 3.61. The minimum atomic E-state index is 0.174. The largest absolute Gasteiger partial charge is 0.378 e. The molecule has 21 heavy (non-hydrogen) atoms. The summed E-state index contributed by atoms with van der Waals surface area (Å²) >= 11 is 12.6. The molecule has 0 bridgehead atoms. The van der Waals surface area contributed by atoms with Crippen molar-refractivity contribution in [1.29, 1.82) is 0 Å². The van der Waals surface area contributed by atoms with E-state index in [1.165, 1.54) is 6.42 Å². The molecule has 1 aliphatic rings. The van der Waals surface area contributed by atoms with E-state index in [9.17, 15) is 0 Å². The molecule has 1 unspecified atom stereocenters. The van der Waals surface area contributed by atoms with Crippen LogP contribution in [0.15, 0.2) is 30.3 Å². The molecule has 1 aromatic heterocycles. The molecular formula is C16H16Cl2N2O. The highest BCUT2D eigenvalue weighted by atomic mass is 35.5. The molecule has 0 N–H and O–H groups in total. The van der Waals surface area contributed by atoms with Gasteiger partial charge in [0, 0.05) is 13.0 Å². The van der Waals surface area contributed by atoms with E-state index < -0.39 is 0 Å². The number of ether oxygens (including phenoxy) is 1. The van der Waals surface area contributed by atoms with Crippen LogP contribution in [0.5, 0.6) is 0 Å². The second-order valence-electron chi connectivity index (χ2n) is 5.16. The van der Waals surface area contributed by atoms with E-state index in [0.29, 0.717) is 28.1 Å². The zero-order valence-electron chi connectivity index (χ0n) is 11.6. The summed E-state index contributed by atoms with van der Waals surface area (Å²) in [5.74, 6) is 0.650. The van der Waals surface area contributed by atoms with Crippen LogP contribution in [0.3, 0.4) is 0 Å². The molecule has 3 rings (SSSR count). The molecule has 1 aromatic carbocycles. The number of halogens is 2. The van der Waals surface area contributed by atoms with Crippen LogP contribution in [0.2, 0.25) is 10.3 Å². The van der Waals surface area contributed by atoms with E-state index in [0.717, 1.165) is 25.0 Å². The van der Waals surface area contributed by atoms with Crippen molar-refractivity contribution in [2.45, 2.75) is 31.8 Å². The average molecular weight is 323 g/mol. The molecule has 0 aliphatic carbocycles. The van der Waals surface area contributed by atoms with Crippen molar-refractivity contribution in [3.8, 4) is 11.1 Å². The quantitative estimate of drug-likeness (QED) is 0.777. The Labute approximate surface area is 134 Å². The predicted octanol–water partition coefficient (Wildman–Crippen LogP) is 4.56. The highest BCUT2D eigenvalue weighted by Gasteiger charge is 2.19. The van der Waals surface area contributed by atoms with Crippen molar-refractivity contribution in [3.63, 3.8) is 0 Å². The normalized spacial score (nSPS) is 18.7. The van der Waals surface area contributed by atoms with Gasteiger partial charge < -0.3 is 4.74 Å². The summed E-state index contributed by atoms with van der Waals surface area (Å²) in [7, 11) is 0. The van der Waals surface area contributed by atoms with Crippen LogP contribution in [-0.2, 0) is 11.2 Å². The SMILES string of the molecule is Clc1nc(CC2CCCCO2)nc(Cl)c1-c1ccccc1. The lowest BCUT2D eigenvalue weighted by Crippen LogP contribution is -2.22. The second-order valence-corrected chi connectivity index (χ2v) is 5.87. The van der Waals surface area contributed by atoms with Crippen LogP contribution in [0.4, 0.5) is 0 Å². The molecule has 0 amide bonds. The fourth-order valence-corrected chi connectivity index (χ4v) is 3.20. The summed E-state index contributed by atoms with van der Waals surface area (Å²) in [5.41, 5.74) is 1.61. The van der Waals surface area contributed by atoms with Crippen molar-refractivity contribution in [2.24, 2.45) is 0 Å². The van der Waals surface area contributed by atoms with Gasteiger partial charge in [0.2, 0.25) is 0 Å². The summed E-state index contributed by atoms with van der Waals surface area (Å²) < 4.78 is 5.71. The Morgan fingerprint density at radius 1 is 1.05 bits per heavy atom. The first-order valence-corrected chi connectivity index (χ1v) is 7.88. The van der Waals surface area contributed by atoms with Gasteiger partial charge in [-0.2, -0.15) is 0 Å². The fourth-order valence-electron chi connectivity index (χ4n) is 2.55. The van der Waals surface area contributed by atoms with E-state index in [2.05, 4.69) is 9.97 Å². The van der Waals surface area contributed by atoms with Gasteiger partial charge in [-0.15, -0.1) is 0 Å². The third-order valence-corrected chi connectivity index (χ3v) is 4.16. The molecule has 2 heterocycles. The lowest BCUT2D eigenvalue weighted by Gasteiger charge is -2.22. The van der Waals surface area contributed by atoms with Crippen LogP contribution < -0.4 is 0 Å². The van der Waals surface area contributed by atoms with Crippen LogP contribution in [0.1, 0.15) is 25.1 Å². The zero-order valence-corrected chi connectivity index (χ0v) is 13.1. The standard InChI is InChI=1S/C16H16Cl2N2O/c17-15-14(11-6-2-1-3-7-11)16(18)20-13(19-15)10-12-8-4-5-9-21-12/h1-3,6-7,12H,4-5,8-10H2. The number of aromatic nitrogens is 2. The summed E-state index contributed by atoms with van der Waals surface area (Å²) in [6.07, 6.45) is 4.20. The molecule has 2 aromatic rings. The number of hydrogen-bond acceptors (Lipinski definition) is 3. The van der Waals surface area contributed by atoms with E-state index in [4.69, 9.17) is 27.9 Å². The minimum Gasteiger partial charge on any atom is -0.378 e. The Balaban J connectivity index is 1.85. The summed E-state index contributed by atoms with van der Waals surface area (Å²) in [6, 6.07) is 9.71. The van der Waals surface area contributed by atoms with E-state index in [-0.39, 0.29) is 6.10 Å². The fraction of sp³-hybridized carbons (Fsp3) is 0.375. The minimum absolute atomic E-state index is 0.174. The maximum atomic E-state index is 6.31. The Hall–Kier alpha value is -1.16. The molecule has 1 saturated heterocycles. The number of benzene rings is 1. The summed E-state index contributed by atoms with van der Waals surface area (Å²) in [5, 5.41) is 0.791. The monoisotopic (exact) mass is 322 g/mol. The van der Waals surface area contributed by atoms with Crippen molar-refractivity contribution >= 4 is 23.2 Å². The molecule has 0 spiro atoms. The van der Waals surface area contributed by atoms with Crippen molar-refractivity contribution in [2.75, 3.05) is 6.61 Å². The van der Waals surface area contributed by atoms with E-state index >= 15 is 0 Å². The molecular weight excluding hydrogens is 307 g/mol. The van der Waals surface area contributed by atoms with Gasteiger partial charge in [-0.25, -0.2) is 9.97 Å². The second kappa shape index (κ2) is 6.73. The average Bonchev–Trinajstić information content (AvgIpc) is 2.49. The lowest BCUT2D eigenvalue weighted by atomic mass is 10.1. The van der Waals surface area contributed by atoms with Gasteiger partial charge in [-0.1, -0.05) is 53.5 Å². The van der Waals surface area contributed by atoms with Crippen molar-refractivity contribution in [1.82, 2.24) is 9.97 Å². The van der Waals surface area contributed by atoms with Gasteiger partial charge in [0.15, 0.2) is 0 Å². The highest BCUT2D eigenvalue weighted by molar-refractivity contribution is 6.37. The summed E-state index contributed by atoms with van der Waals surface area (Å²) in [6.45, 7) is 0.814. The molecule has 1 fully saturated rings. The number of hydrogen-bond donors (Lipinski definition) is 0. The molecule has 1 aliphatic heterocycles. The van der Waals surface area contributed by atoms with Gasteiger partial charge in [-0.05, 0) is 24.8 Å². The first-order valence-electron chi connectivity index (χ1n) is 7.13. The Morgan fingerprint density at radius 2 is 1.76 bits per heavy atom. The first kappa shape index (κ1) is 14.8. The van der Waals surface area contributed by atoms with Gasteiger partial charge in [0.1, 0.15) is 16.1 Å². The topological polar surface area (TPSA) is 35.0 Å². The predicted molar refractivity (Wildman–Crippen MR) is 84.8 cm³/mol. The van der Waals surface area contributed by atoms with Gasteiger partial charge in [-0.3, -0.25) is 0 Å². The first-order chi connectivity index (χ1) is 10.2. The highest BCUT2D eigenvalue weighted by Crippen LogP contribution is 2.32. The number of rotatable bonds is 3. The molecule has 0 radical (unpaired) electrons. The Kier molecular flexibility index (Phi) is 4.73.